The summed E-state index contributed by atoms with van der Waals surface area (Å²) in [5.41, 5.74) is 2.16. The highest BCUT2D eigenvalue weighted by Crippen LogP contribution is 2.26. The number of carboxylic acid groups (broad SMARTS) is 1. The lowest BCUT2D eigenvalue weighted by atomic mass is 9.96. The van der Waals surface area contributed by atoms with E-state index in [2.05, 4.69) is 4.98 Å². The molecule has 7 heteroatoms. The van der Waals surface area contributed by atoms with Crippen molar-refractivity contribution in [2.24, 2.45) is 5.92 Å². The molecule has 2 unspecified atom stereocenters. The van der Waals surface area contributed by atoms with Crippen LogP contribution >= 0.6 is 11.6 Å². The Morgan fingerprint density at radius 1 is 1.13 bits per heavy atom. The molecule has 0 aliphatic carbocycles. The number of halogens is 1. The zero-order chi connectivity index (χ0) is 21.8. The Morgan fingerprint density at radius 2 is 1.83 bits per heavy atom. The Labute approximate surface area is 178 Å². The average Bonchev–Trinajstić information content (AvgIpc) is 3.14. The van der Waals surface area contributed by atoms with Gasteiger partial charge in [-0.25, -0.2) is 0 Å². The molecule has 1 aromatic heterocycles. The maximum absolute atomic E-state index is 12.9. The van der Waals surface area contributed by atoms with E-state index in [4.69, 9.17) is 16.3 Å². The lowest BCUT2D eigenvalue weighted by molar-refractivity contribution is -0.161. The first-order valence-electron chi connectivity index (χ1n) is 9.64. The first kappa shape index (κ1) is 21.6. The molecule has 0 aliphatic rings. The van der Waals surface area contributed by atoms with Crippen LogP contribution in [0.3, 0.4) is 0 Å². The fourth-order valence-electron chi connectivity index (χ4n) is 3.18. The van der Waals surface area contributed by atoms with Gasteiger partial charge in [0.25, 0.3) is 0 Å². The molecule has 0 spiro atoms. The van der Waals surface area contributed by atoms with Crippen LogP contribution in [0.1, 0.15) is 41.8 Å². The lowest BCUT2D eigenvalue weighted by Gasteiger charge is -2.15. The van der Waals surface area contributed by atoms with Crippen LogP contribution in [0.2, 0.25) is 5.02 Å². The van der Waals surface area contributed by atoms with Crippen molar-refractivity contribution in [3.63, 3.8) is 0 Å². The summed E-state index contributed by atoms with van der Waals surface area (Å²) in [6.07, 6.45) is 1.84. The molecular weight excluding hydrogens is 406 g/mol. The molecule has 1 heterocycles. The molecule has 0 saturated heterocycles. The van der Waals surface area contributed by atoms with Crippen molar-refractivity contribution in [2.45, 2.75) is 32.8 Å². The Morgan fingerprint density at radius 3 is 2.47 bits per heavy atom. The number of ketones is 1. The maximum Gasteiger partial charge on any atom is 0.320 e. The normalized spacial score (nSPS) is 13.0. The Kier molecular flexibility index (Phi) is 6.57. The standard InChI is InChI=1S/C23H22ClNO5/c1-3-13(2)30-23(29)19(22(27)28)11-15-12-25-20-17(15)5-4-6-18(20)21(26)14-7-9-16(24)10-8-14/h4-10,12-13,19,25H,3,11H2,1-2H3,(H,27,28). The first-order chi connectivity index (χ1) is 14.3. The molecule has 0 radical (unpaired) electrons. The lowest BCUT2D eigenvalue weighted by Crippen LogP contribution is -2.30. The molecule has 0 bridgehead atoms. The number of carboxylic acids is 1. The molecule has 0 amide bonds. The number of aliphatic carboxylic acids is 1. The predicted molar refractivity (Wildman–Crippen MR) is 114 cm³/mol. The van der Waals surface area contributed by atoms with Crippen molar-refractivity contribution in [2.75, 3.05) is 0 Å². The van der Waals surface area contributed by atoms with E-state index in [0.717, 1.165) is 0 Å². The van der Waals surface area contributed by atoms with Crippen LogP contribution in [-0.2, 0) is 20.7 Å². The maximum atomic E-state index is 12.9. The van der Waals surface area contributed by atoms with E-state index >= 15 is 0 Å². The largest absolute Gasteiger partial charge is 0.481 e. The fourth-order valence-corrected chi connectivity index (χ4v) is 3.31. The summed E-state index contributed by atoms with van der Waals surface area (Å²) < 4.78 is 5.22. The number of carbonyl (C=O) groups excluding carboxylic acids is 2. The molecule has 6 nitrogen and oxygen atoms in total. The van der Waals surface area contributed by atoms with Crippen LogP contribution in [-0.4, -0.2) is 33.9 Å². The summed E-state index contributed by atoms with van der Waals surface area (Å²) in [6.45, 7) is 3.57. The minimum Gasteiger partial charge on any atom is -0.481 e. The second-order valence-corrected chi connectivity index (χ2v) is 7.57. The van der Waals surface area contributed by atoms with Crippen molar-refractivity contribution in [3.8, 4) is 0 Å². The summed E-state index contributed by atoms with van der Waals surface area (Å²) >= 11 is 5.90. The number of H-pyrrole nitrogens is 1. The molecule has 2 atom stereocenters. The molecule has 0 aliphatic heterocycles. The van der Waals surface area contributed by atoms with Crippen LogP contribution in [0.15, 0.2) is 48.7 Å². The first-order valence-corrected chi connectivity index (χ1v) is 10.0. The van der Waals surface area contributed by atoms with Crippen molar-refractivity contribution >= 4 is 40.2 Å². The Balaban J connectivity index is 1.92. The minimum absolute atomic E-state index is 0.0385. The van der Waals surface area contributed by atoms with Crippen LogP contribution in [0.4, 0.5) is 0 Å². The predicted octanol–water partition coefficient (Wildman–Crippen LogP) is 4.64. The summed E-state index contributed by atoms with van der Waals surface area (Å²) in [5.74, 6) is -3.52. The van der Waals surface area contributed by atoms with Gasteiger partial charge in [0.05, 0.1) is 11.6 Å². The minimum atomic E-state index is -1.33. The van der Waals surface area contributed by atoms with Crippen molar-refractivity contribution in [3.05, 3.63) is 70.4 Å². The van der Waals surface area contributed by atoms with Gasteiger partial charge in [-0.15, -0.1) is 0 Å². The summed E-state index contributed by atoms with van der Waals surface area (Å²) in [6, 6.07) is 11.8. The Bertz CT molecular complexity index is 1090. The quantitative estimate of drug-likeness (QED) is 0.310. The van der Waals surface area contributed by atoms with E-state index in [1.54, 1.807) is 55.6 Å². The molecule has 30 heavy (non-hydrogen) atoms. The third-order valence-corrected chi connectivity index (χ3v) is 5.30. The highest BCUT2D eigenvalue weighted by Gasteiger charge is 2.30. The number of hydrogen-bond acceptors (Lipinski definition) is 4. The monoisotopic (exact) mass is 427 g/mol. The van der Waals surface area contributed by atoms with Gasteiger partial charge in [-0.1, -0.05) is 30.7 Å². The van der Waals surface area contributed by atoms with E-state index in [0.29, 0.717) is 39.0 Å². The Hall–Kier alpha value is -3.12. The third-order valence-electron chi connectivity index (χ3n) is 5.05. The van der Waals surface area contributed by atoms with Crippen molar-refractivity contribution in [1.82, 2.24) is 4.98 Å². The SMILES string of the molecule is CCC(C)OC(=O)C(Cc1c[nH]c2c(C(=O)c3ccc(Cl)cc3)cccc12)C(=O)O. The van der Waals surface area contributed by atoms with Crippen LogP contribution in [0.5, 0.6) is 0 Å². The highest BCUT2D eigenvalue weighted by molar-refractivity contribution is 6.30. The topological polar surface area (TPSA) is 96.5 Å². The van der Waals surface area contributed by atoms with E-state index < -0.39 is 17.9 Å². The number of esters is 1. The molecule has 156 valence electrons. The zero-order valence-corrected chi connectivity index (χ0v) is 17.4. The van der Waals surface area contributed by atoms with E-state index in [9.17, 15) is 19.5 Å². The van der Waals surface area contributed by atoms with Gasteiger partial charge in [-0.2, -0.15) is 0 Å². The second-order valence-electron chi connectivity index (χ2n) is 7.13. The highest BCUT2D eigenvalue weighted by atomic mass is 35.5. The average molecular weight is 428 g/mol. The van der Waals surface area contributed by atoms with Gasteiger partial charge >= 0.3 is 11.9 Å². The molecule has 2 aromatic carbocycles. The van der Waals surface area contributed by atoms with Gasteiger partial charge in [0.1, 0.15) is 0 Å². The number of fused-ring (bicyclic) bond motifs is 1. The molecule has 3 aromatic rings. The van der Waals surface area contributed by atoms with Crippen molar-refractivity contribution in [1.29, 1.82) is 0 Å². The molecular formula is C23H22ClNO5. The number of benzene rings is 2. The number of hydrogen-bond donors (Lipinski definition) is 2. The van der Waals surface area contributed by atoms with Crippen molar-refractivity contribution < 1.29 is 24.2 Å². The van der Waals surface area contributed by atoms with E-state index in [1.165, 1.54) is 0 Å². The number of aromatic nitrogens is 1. The number of para-hydroxylation sites is 1. The van der Waals surface area contributed by atoms with E-state index in [1.807, 2.05) is 6.92 Å². The second kappa shape index (κ2) is 9.13. The number of carbonyl (C=O) groups is 3. The van der Waals surface area contributed by atoms with Crippen LogP contribution in [0.25, 0.3) is 10.9 Å². The fraction of sp³-hybridized carbons (Fsp3) is 0.261. The third kappa shape index (κ3) is 4.54. The molecule has 0 saturated carbocycles. The summed E-state index contributed by atoms with van der Waals surface area (Å²) in [7, 11) is 0. The van der Waals surface area contributed by atoms with Gasteiger partial charge in [0.15, 0.2) is 11.7 Å². The van der Waals surface area contributed by atoms with Gasteiger partial charge in [0, 0.05) is 27.7 Å². The zero-order valence-electron chi connectivity index (χ0n) is 16.6. The number of aromatic amines is 1. The molecule has 0 fully saturated rings. The van der Waals surface area contributed by atoms with Gasteiger partial charge in [-0.05, 0) is 55.7 Å². The number of rotatable bonds is 8. The smallest absolute Gasteiger partial charge is 0.320 e. The van der Waals surface area contributed by atoms with Crippen LogP contribution < -0.4 is 0 Å². The number of ether oxygens (including phenoxy) is 1. The molecule has 2 N–H and O–H groups in total. The summed E-state index contributed by atoms with van der Waals surface area (Å²) in [4.78, 5) is 40.0. The van der Waals surface area contributed by atoms with Gasteiger partial charge in [0.2, 0.25) is 0 Å². The molecule has 3 rings (SSSR count). The van der Waals surface area contributed by atoms with Gasteiger partial charge in [-0.3, -0.25) is 14.4 Å². The number of nitrogens with one attached hydrogen (secondary N) is 1. The van der Waals surface area contributed by atoms with E-state index in [-0.39, 0.29) is 18.3 Å². The van der Waals surface area contributed by atoms with Crippen LogP contribution in [0, 0.1) is 5.92 Å². The summed E-state index contributed by atoms with van der Waals surface area (Å²) in [5, 5.41) is 10.8. The van der Waals surface area contributed by atoms with Gasteiger partial charge < -0.3 is 14.8 Å².